The maximum Gasteiger partial charge on any atom is 0.207 e. The topological polar surface area (TPSA) is 74.6 Å². The zero-order valence-electron chi connectivity index (χ0n) is 11.5. The molecule has 0 aromatic heterocycles. The van der Waals surface area contributed by atoms with E-state index in [-0.39, 0.29) is 21.3 Å². The fraction of sp³-hybridized carbons (Fsp3) is 0.200. The summed E-state index contributed by atoms with van der Waals surface area (Å²) in [4.78, 5) is 0.0955. The number of rotatable bonds is 2. The van der Waals surface area contributed by atoms with Crippen LogP contribution in [0.5, 0.6) is 11.5 Å². The van der Waals surface area contributed by atoms with E-state index < -0.39 is 9.84 Å². The van der Waals surface area contributed by atoms with E-state index in [9.17, 15) is 18.6 Å². The van der Waals surface area contributed by atoms with Crippen molar-refractivity contribution in [3.05, 3.63) is 47.0 Å². The molecule has 2 N–H and O–H groups in total. The smallest absolute Gasteiger partial charge is 0.207 e. The minimum atomic E-state index is -3.78. The Morgan fingerprint density at radius 1 is 0.850 bits per heavy atom. The van der Waals surface area contributed by atoms with Crippen molar-refractivity contribution in [1.82, 2.24) is 0 Å². The Morgan fingerprint density at radius 3 is 2.10 bits per heavy atom. The molecule has 0 fully saturated rings. The molecule has 0 aliphatic carbocycles. The molecule has 0 amide bonds. The second kappa shape index (κ2) is 4.83. The molecule has 0 spiro atoms. The molecule has 2 aromatic rings. The molecule has 2 aromatic carbocycles. The zero-order chi connectivity index (χ0) is 15.1. The lowest BCUT2D eigenvalue weighted by molar-refractivity contribution is 0.464. The monoisotopic (exact) mass is 292 g/mol. The molecular weight excluding hydrogens is 276 g/mol. The van der Waals surface area contributed by atoms with Crippen LogP contribution in [0.4, 0.5) is 0 Å². The first kappa shape index (κ1) is 14.4. The molecule has 0 saturated heterocycles. The van der Waals surface area contributed by atoms with Gasteiger partial charge in [0.1, 0.15) is 11.5 Å². The molecule has 0 bridgehead atoms. The van der Waals surface area contributed by atoms with Gasteiger partial charge in [-0.15, -0.1) is 0 Å². The van der Waals surface area contributed by atoms with Crippen LogP contribution in [0, 0.1) is 20.8 Å². The normalized spacial score (nSPS) is 11.6. The average Bonchev–Trinajstić information content (AvgIpc) is 2.38. The van der Waals surface area contributed by atoms with Gasteiger partial charge in [0, 0.05) is 11.1 Å². The van der Waals surface area contributed by atoms with Crippen molar-refractivity contribution in [2.75, 3.05) is 0 Å². The molecule has 4 nitrogen and oxygen atoms in total. The standard InChI is InChI=1S/C15H16O4S/c1-9-7-8-14(11(3)15(9)17)20(18,19)13-6-4-5-12(16)10(13)2/h4-8,16-17H,1-3H3. The van der Waals surface area contributed by atoms with Crippen molar-refractivity contribution in [3.63, 3.8) is 0 Å². The molecule has 0 atom stereocenters. The molecule has 0 radical (unpaired) electrons. The van der Waals surface area contributed by atoms with Crippen LogP contribution >= 0.6 is 0 Å². The first-order valence-electron chi connectivity index (χ1n) is 6.09. The summed E-state index contributed by atoms with van der Waals surface area (Å²) in [5.41, 5.74) is 1.23. The van der Waals surface area contributed by atoms with Crippen LogP contribution in [0.1, 0.15) is 16.7 Å². The second-order valence-electron chi connectivity index (χ2n) is 4.76. The van der Waals surface area contributed by atoms with Crippen LogP contribution in [-0.2, 0) is 9.84 Å². The molecular formula is C15H16O4S. The Bertz CT molecular complexity index is 777. The van der Waals surface area contributed by atoms with Crippen LogP contribution in [-0.4, -0.2) is 18.6 Å². The van der Waals surface area contributed by atoms with Gasteiger partial charge in [0.2, 0.25) is 9.84 Å². The van der Waals surface area contributed by atoms with Crippen molar-refractivity contribution < 1.29 is 18.6 Å². The van der Waals surface area contributed by atoms with Gasteiger partial charge in [0.15, 0.2) is 0 Å². The Kier molecular flexibility index (Phi) is 3.48. The Labute approximate surface area is 118 Å². The highest BCUT2D eigenvalue weighted by atomic mass is 32.2. The molecule has 0 aliphatic heterocycles. The maximum absolute atomic E-state index is 12.7. The summed E-state index contributed by atoms with van der Waals surface area (Å²) in [5.74, 6) is -0.0936. The third kappa shape index (κ3) is 2.14. The molecule has 20 heavy (non-hydrogen) atoms. The number of hydrogen-bond acceptors (Lipinski definition) is 4. The summed E-state index contributed by atoms with van der Waals surface area (Å²) < 4.78 is 25.3. The van der Waals surface area contributed by atoms with E-state index in [2.05, 4.69) is 0 Å². The lowest BCUT2D eigenvalue weighted by atomic mass is 10.1. The van der Waals surface area contributed by atoms with Gasteiger partial charge in [-0.25, -0.2) is 8.42 Å². The van der Waals surface area contributed by atoms with Crippen molar-refractivity contribution in [2.24, 2.45) is 0 Å². The zero-order valence-corrected chi connectivity index (χ0v) is 12.3. The largest absolute Gasteiger partial charge is 0.508 e. The SMILES string of the molecule is Cc1ccc(S(=O)(=O)c2cccc(O)c2C)c(C)c1O. The lowest BCUT2D eigenvalue weighted by Crippen LogP contribution is -2.06. The second-order valence-corrected chi connectivity index (χ2v) is 6.64. The van der Waals surface area contributed by atoms with Gasteiger partial charge in [0.25, 0.3) is 0 Å². The summed E-state index contributed by atoms with van der Waals surface area (Å²) in [7, 11) is -3.78. The molecule has 2 rings (SSSR count). The number of benzene rings is 2. The molecule has 0 aliphatic rings. The van der Waals surface area contributed by atoms with E-state index in [0.717, 1.165) is 0 Å². The van der Waals surface area contributed by atoms with E-state index in [1.807, 2.05) is 0 Å². The van der Waals surface area contributed by atoms with Crippen molar-refractivity contribution in [3.8, 4) is 11.5 Å². The van der Waals surface area contributed by atoms with E-state index in [0.29, 0.717) is 16.7 Å². The van der Waals surface area contributed by atoms with Crippen LogP contribution in [0.15, 0.2) is 40.1 Å². The van der Waals surface area contributed by atoms with Crippen molar-refractivity contribution in [1.29, 1.82) is 0 Å². The highest BCUT2D eigenvalue weighted by Gasteiger charge is 2.24. The Balaban J connectivity index is 2.74. The number of phenols is 2. The van der Waals surface area contributed by atoms with Crippen LogP contribution in [0.3, 0.4) is 0 Å². The van der Waals surface area contributed by atoms with Gasteiger partial charge >= 0.3 is 0 Å². The van der Waals surface area contributed by atoms with Gasteiger partial charge in [-0.05, 0) is 44.5 Å². The number of aryl methyl sites for hydroxylation is 1. The van der Waals surface area contributed by atoms with E-state index in [1.165, 1.54) is 24.3 Å². The molecule has 0 unspecified atom stereocenters. The van der Waals surface area contributed by atoms with Gasteiger partial charge < -0.3 is 10.2 Å². The third-order valence-electron chi connectivity index (χ3n) is 3.42. The van der Waals surface area contributed by atoms with Gasteiger partial charge in [0.05, 0.1) is 9.79 Å². The molecule has 5 heteroatoms. The summed E-state index contributed by atoms with van der Waals surface area (Å²) in [6.45, 7) is 4.82. The fourth-order valence-electron chi connectivity index (χ4n) is 2.12. The molecule has 106 valence electrons. The minimum Gasteiger partial charge on any atom is -0.508 e. The first-order valence-corrected chi connectivity index (χ1v) is 7.58. The Morgan fingerprint density at radius 2 is 1.45 bits per heavy atom. The third-order valence-corrected chi connectivity index (χ3v) is 5.46. The fourth-order valence-corrected chi connectivity index (χ4v) is 3.87. The average molecular weight is 292 g/mol. The maximum atomic E-state index is 12.7. The van der Waals surface area contributed by atoms with Gasteiger partial charge in [-0.3, -0.25) is 0 Å². The highest BCUT2D eigenvalue weighted by Crippen LogP contribution is 2.34. The lowest BCUT2D eigenvalue weighted by Gasteiger charge is -2.13. The first-order chi connectivity index (χ1) is 9.26. The van der Waals surface area contributed by atoms with E-state index in [1.54, 1.807) is 26.8 Å². The van der Waals surface area contributed by atoms with Gasteiger partial charge in [-0.2, -0.15) is 0 Å². The summed E-state index contributed by atoms with van der Waals surface area (Å²) >= 11 is 0. The van der Waals surface area contributed by atoms with E-state index in [4.69, 9.17) is 0 Å². The summed E-state index contributed by atoms with van der Waals surface area (Å²) in [5, 5.41) is 19.6. The van der Waals surface area contributed by atoms with E-state index >= 15 is 0 Å². The quantitative estimate of drug-likeness (QED) is 0.892. The highest BCUT2D eigenvalue weighted by molar-refractivity contribution is 7.91. The van der Waals surface area contributed by atoms with Gasteiger partial charge in [-0.1, -0.05) is 12.1 Å². The predicted molar refractivity (Wildman–Crippen MR) is 75.9 cm³/mol. The number of sulfone groups is 1. The summed E-state index contributed by atoms with van der Waals surface area (Å²) in [6.07, 6.45) is 0. The molecule has 0 saturated carbocycles. The minimum absolute atomic E-state index is 0.0242. The number of aromatic hydroxyl groups is 2. The number of hydrogen-bond donors (Lipinski definition) is 2. The summed E-state index contributed by atoms with van der Waals surface area (Å²) in [6, 6.07) is 7.41. The van der Waals surface area contributed by atoms with Crippen LogP contribution in [0.2, 0.25) is 0 Å². The van der Waals surface area contributed by atoms with Crippen molar-refractivity contribution in [2.45, 2.75) is 30.6 Å². The van der Waals surface area contributed by atoms with Crippen LogP contribution in [0.25, 0.3) is 0 Å². The Hall–Kier alpha value is -2.01. The predicted octanol–water partition coefficient (Wildman–Crippen LogP) is 2.86. The number of phenolic OH excluding ortho intramolecular Hbond substituents is 2. The van der Waals surface area contributed by atoms with Crippen LogP contribution < -0.4 is 0 Å². The van der Waals surface area contributed by atoms with Crippen molar-refractivity contribution >= 4 is 9.84 Å². The molecule has 0 heterocycles.